The third kappa shape index (κ3) is 9.19. The fourth-order valence-corrected chi connectivity index (χ4v) is 1.43. The molecule has 0 aromatic rings. The van der Waals surface area contributed by atoms with Gasteiger partial charge >= 0.3 is 51.4 Å². The van der Waals surface area contributed by atoms with E-state index in [2.05, 4.69) is 6.92 Å². The molecule has 0 N–H and O–H groups in total. The second kappa shape index (κ2) is 11.7. The van der Waals surface area contributed by atoms with Crippen LogP contribution in [0, 0.1) is 0 Å². The first-order valence-electron chi connectivity index (χ1n) is 5.97. The molecule has 0 saturated carbocycles. The van der Waals surface area contributed by atoms with E-state index in [1.807, 2.05) is 0 Å². The van der Waals surface area contributed by atoms with Gasteiger partial charge in [-0.3, -0.25) is 4.79 Å². The molecule has 0 aromatic carbocycles. The van der Waals surface area contributed by atoms with Crippen molar-refractivity contribution in [2.24, 2.45) is 0 Å². The van der Waals surface area contributed by atoms with Crippen LogP contribution >= 0.6 is 0 Å². The number of amides is 1. The number of unbranched alkanes of at least 4 members (excludes halogenated alkanes) is 4. The average Bonchev–Trinajstić information content (AvgIpc) is 2.26. The number of aliphatic carboxylic acids is 1. The zero-order valence-corrected chi connectivity index (χ0v) is 14.6. The quantitative estimate of drug-likeness (QED) is 0.376. The summed E-state index contributed by atoms with van der Waals surface area (Å²) in [5.41, 5.74) is 0. The Kier molecular flexibility index (Phi) is 13.6. The van der Waals surface area contributed by atoms with E-state index in [-0.39, 0.29) is 57.3 Å². The van der Waals surface area contributed by atoms with Gasteiger partial charge in [-0.2, -0.15) is 0 Å². The number of hydrogen-bond donors (Lipinski definition) is 0. The number of likely N-dealkylation sites (N-methyl/N-ethyl adjacent to an activating group) is 1. The van der Waals surface area contributed by atoms with Gasteiger partial charge in [0.2, 0.25) is 5.91 Å². The molecule has 0 radical (unpaired) electrons. The minimum Gasteiger partial charge on any atom is -0.548 e. The van der Waals surface area contributed by atoms with Crippen LogP contribution in [0.5, 0.6) is 0 Å². The molecule has 0 aromatic heterocycles. The molecule has 17 heavy (non-hydrogen) atoms. The van der Waals surface area contributed by atoms with Crippen molar-refractivity contribution in [2.75, 3.05) is 7.05 Å². The van der Waals surface area contributed by atoms with Gasteiger partial charge in [0.15, 0.2) is 0 Å². The third-order valence-corrected chi connectivity index (χ3v) is 2.81. The molecule has 0 heterocycles. The van der Waals surface area contributed by atoms with E-state index in [0.29, 0.717) is 6.42 Å². The summed E-state index contributed by atoms with van der Waals surface area (Å²) in [7, 11) is 1.51. The molecule has 0 aliphatic carbocycles. The van der Waals surface area contributed by atoms with Crippen LogP contribution in [0.3, 0.4) is 0 Å². The number of rotatable bonds is 8. The van der Waals surface area contributed by atoms with Gasteiger partial charge in [-0.05, 0) is 13.3 Å². The molecule has 0 aliphatic rings. The Hall–Kier alpha value is 0.576. The number of carbonyl (C=O) groups is 2. The van der Waals surface area contributed by atoms with Crippen LogP contribution in [-0.2, 0) is 9.59 Å². The molecule has 0 bridgehead atoms. The Morgan fingerprint density at radius 2 is 1.71 bits per heavy atom. The molecule has 0 fully saturated rings. The van der Waals surface area contributed by atoms with Gasteiger partial charge in [-0.25, -0.2) is 0 Å². The molecule has 0 unspecified atom stereocenters. The van der Waals surface area contributed by atoms with Crippen LogP contribution in [0.4, 0.5) is 0 Å². The first-order valence-corrected chi connectivity index (χ1v) is 5.97. The first kappa shape index (κ1) is 19.9. The van der Waals surface area contributed by atoms with Crippen molar-refractivity contribution in [3.63, 3.8) is 0 Å². The van der Waals surface area contributed by atoms with Crippen molar-refractivity contribution >= 4 is 11.9 Å². The molecule has 0 spiro atoms. The molecule has 0 saturated heterocycles. The number of hydrogen-bond acceptors (Lipinski definition) is 3. The van der Waals surface area contributed by atoms with Gasteiger partial charge < -0.3 is 14.8 Å². The second-order valence-corrected chi connectivity index (χ2v) is 4.16. The van der Waals surface area contributed by atoms with Gasteiger partial charge in [-0.15, -0.1) is 0 Å². The number of carboxylic acids is 1. The topological polar surface area (TPSA) is 60.4 Å². The van der Waals surface area contributed by atoms with Gasteiger partial charge in [0.05, 0.1) is 12.0 Å². The van der Waals surface area contributed by atoms with E-state index in [1.165, 1.54) is 31.7 Å². The number of carbonyl (C=O) groups excluding carboxylic acids is 2. The van der Waals surface area contributed by atoms with E-state index in [9.17, 15) is 14.7 Å². The fraction of sp³-hybridized carbons (Fsp3) is 0.833. The summed E-state index contributed by atoms with van der Waals surface area (Å²) >= 11 is 0. The van der Waals surface area contributed by atoms with Crippen molar-refractivity contribution in [3.05, 3.63) is 0 Å². The maximum absolute atomic E-state index is 11.6. The van der Waals surface area contributed by atoms with Crippen molar-refractivity contribution in [2.45, 2.75) is 58.4 Å². The largest absolute Gasteiger partial charge is 1.00 e. The molecular weight excluding hydrogens is 245 g/mol. The predicted octanol–water partition coefficient (Wildman–Crippen LogP) is -2.05. The Morgan fingerprint density at radius 3 is 2.18 bits per heavy atom. The van der Waals surface area contributed by atoms with Crippen LogP contribution < -0.4 is 56.5 Å². The molecule has 5 heteroatoms. The monoisotopic (exact) mass is 267 g/mol. The van der Waals surface area contributed by atoms with Crippen LogP contribution in [-0.4, -0.2) is 29.9 Å². The molecule has 0 rings (SSSR count). The summed E-state index contributed by atoms with van der Waals surface area (Å²) in [6.45, 7) is 3.60. The van der Waals surface area contributed by atoms with E-state index in [1.54, 1.807) is 0 Å². The Labute approximate surface area is 147 Å². The summed E-state index contributed by atoms with van der Waals surface area (Å²) in [5, 5.41) is 10.6. The smallest absolute Gasteiger partial charge is 0.548 e. The predicted molar refractivity (Wildman–Crippen MR) is 60.6 cm³/mol. The summed E-state index contributed by atoms with van der Waals surface area (Å²) < 4.78 is 0. The zero-order chi connectivity index (χ0) is 12.6. The van der Waals surface area contributed by atoms with E-state index in [0.717, 1.165) is 19.3 Å². The standard InChI is InChI=1S/C12H23NO3.K/c1-4-5-6-7-8-9-11(14)13(3)10(2)12(15)16;/h10H,4-9H2,1-3H3,(H,15,16);/q;+1/p-1/t10-;/m0./s1. The Morgan fingerprint density at radius 1 is 1.18 bits per heavy atom. The van der Waals surface area contributed by atoms with E-state index in [4.69, 9.17) is 0 Å². The summed E-state index contributed by atoms with van der Waals surface area (Å²) in [4.78, 5) is 23.4. The van der Waals surface area contributed by atoms with Gasteiger partial charge in [0.1, 0.15) is 0 Å². The molecule has 94 valence electrons. The molecular formula is C12H22KNO3. The van der Waals surface area contributed by atoms with Crippen LogP contribution in [0.25, 0.3) is 0 Å². The molecule has 0 aliphatic heterocycles. The van der Waals surface area contributed by atoms with Crippen molar-refractivity contribution < 1.29 is 66.1 Å². The van der Waals surface area contributed by atoms with E-state index >= 15 is 0 Å². The van der Waals surface area contributed by atoms with E-state index < -0.39 is 12.0 Å². The van der Waals surface area contributed by atoms with Crippen LogP contribution in [0.2, 0.25) is 0 Å². The molecule has 1 amide bonds. The summed E-state index contributed by atoms with van der Waals surface area (Å²) in [6, 6.07) is -0.844. The van der Waals surface area contributed by atoms with Gasteiger partial charge in [-0.1, -0.05) is 32.6 Å². The summed E-state index contributed by atoms with van der Waals surface area (Å²) in [5.74, 6) is -1.32. The van der Waals surface area contributed by atoms with Gasteiger partial charge in [0.25, 0.3) is 0 Å². The Balaban J connectivity index is 0. The number of carboxylic acid groups (broad SMARTS) is 1. The van der Waals surface area contributed by atoms with Crippen LogP contribution in [0.1, 0.15) is 52.4 Å². The second-order valence-electron chi connectivity index (χ2n) is 4.16. The first-order chi connectivity index (χ1) is 7.50. The minimum absolute atomic E-state index is 0. The van der Waals surface area contributed by atoms with Crippen molar-refractivity contribution in [1.82, 2.24) is 4.90 Å². The Bertz CT molecular complexity index is 234. The summed E-state index contributed by atoms with van der Waals surface area (Å²) in [6.07, 6.45) is 5.81. The maximum Gasteiger partial charge on any atom is 1.00 e. The number of nitrogens with zero attached hydrogens (tertiary/aromatic N) is 1. The van der Waals surface area contributed by atoms with Crippen LogP contribution in [0.15, 0.2) is 0 Å². The third-order valence-electron chi connectivity index (χ3n) is 2.81. The molecule has 4 nitrogen and oxygen atoms in total. The fourth-order valence-electron chi connectivity index (χ4n) is 1.43. The van der Waals surface area contributed by atoms with Gasteiger partial charge in [0, 0.05) is 13.5 Å². The molecule has 1 atom stereocenters. The normalized spacial score (nSPS) is 11.5. The average molecular weight is 267 g/mol. The SMILES string of the molecule is CCCCCCCC(=O)N(C)[C@@H](C)C(=O)[O-].[K+]. The van der Waals surface area contributed by atoms with Crippen molar-refractivity contribution in [1.29, 1.82) is 0 Å². The zero-order valence-electron chi connectivity index (χ0n) is 11.5. The van der Waals surface area contributed by atoms with Crippen molar-refractivity contribution in [3.8, 4) is 0 Å². The maximum atomic E-state index is 11.6. The minimum atomic E-state index is -1.21.